The Morgan fingerprint density at radius 3 is 2.59 bits per heavy atom. The molecular weight excluding hydrogens is 542 g/mol. The zero-order valence-electron chi connectivity index (χ0n) is 23.1. The lowest BCUT2D eigenvalue weighted by atomic mass is 10.1. The van der Waals surface area contributed by atoms with Gasteiger partial charge in [0.05, 0.1) is 28.9 Å². The van der Waals surface area contributed by atoms with E-state index in [-0.39, 0.29) is 41.9 Å². The fourth-order valence-corrected chi connectivity index (χ4v) is 6.76. The Morgan fingerprint density at radius 2 is 1.90 bits per heavy atom. The Labute approximate surface area is 240 Å². The van der Waals surface area contributed by atoms with Gasteiger partial charge in [-0.2, -0.15) is 14.7 Å². The van der Waals surface area contributed by atoms with Crippen LogP contribution in [0.3, 0.4) is 0 Å². The molecule has 0 spiro atoms. The molecule has 41 heavy (non-hydrogen) atoms. The average molecular weight is 576 g/mol. The molecule has 2 fully saturated rings. The molecule has 5 rings (SSSR count). The van der Waals surface area contributed by atoms with Gasteiger partial charge in [-0.3, -0.25) is 4.79 Å². The molecule has 3 unspecified atom stereocenters. The van der Waals surface area contributed by atoms with Crippen LogP contribution >= 0.6 is 0 Å². The van der Waals surface area contributed by atoms with Gasteiger partial charge in [0.2, 0.25) is 10.0 Å². The number of benzene rings is 2. The van der Waals surface area contributed by atoms with Crippen molar-refractivity contribution in [1.29, 1.82) is 5.26 Å². The standard InChI is InChI=1S/C30H33N5O5S/c1-21-18-34(19-22(2)40-21)41(37,38)28-12-6-8-23(15-28)29-25(20-35(33-29)26-9-4-3-5-10-26)14-24(16-31)30(36)32-17-27-11-7-13-39-27/h3-6,8-10,12,14-15,20-22,27H,7,11,13,17-19H2,1-2H3,(H,32,36). The first-order valence-corrected chi connectivity index (χ1v) is 15.1. The largest absolute Gasteiger partial charge is 0.376 e. The fraction of sp³-hybridized carbons (Fsp3) is 0.367. The number of carbonyl (C=O) groups is 1. The van der Waals surface area contributed by atoms with E-state index in [9.17, 15) is 18.5 Å². The van der Waals surface area contributed by atoms with Gasteiger partial charge in [0.25, 0.3) is 5.91 Å². The lowest BCUT2D eigenvalue weighted by molar-refractivity contribution is -0.117. The highest BCUT2D eigenvalue weighted by Gasteiger charge is 2.32. The topological polar surface area (TPSA) is 127 Å². The van der Waals surface area contributed by atoms with Crippen LogP contribution in [0.1, 0.15) is 32.3 Å². The van der Waals surface area contributed by atoms with E-state index in [2.05, 4.69) is 5.32 Å². The van der Waals surface area contributed by atoms with E-state index in [4.69, 9.17) is 14.6 Å². The molecule has 214 valence electrons. The number of carbonyl (C=O) groups excluding carboxylic acids is 1. The number of hydrogen-bond acceptors (Lipinski definition) is 7. The lowest BCUT2D eigenvalue weighted by Gasteiger charge is -2.34. The van der Waals surface area contributed by atoms with Gasteiger partial charge in [-0.05, 0) is 57.0 Å². The number of nitrogens with one attached hydrogen (secondary N) is 1. The van der Waals surface area contributed by atoms with E-state index in [0.717, 1.165) is 18.5 Å². The summed E-state index contributed by atoms with van der Waals surface area (Å²) >= 11 is 0. The van der Waals surface area contributed by atoms with E-state index in [0.29, 0.717) is 30.0 Å². The van der Waals surface area contributed by atoms with Crippen molar-refractivity contribution in [2.24, 2.45) is 0 Å². The quantitative estimate of drug-likeness (QED) is 0.322. The second-order valence-corrected chi connectivity index (χ2v) is 12.3. The van der Waals surface area contributed by atoms with E-state index >= 15 is 0 Å². The predicted molar refractivity (Wildman–Crippen MR) is 153 cm³/mol. The lowest BCUT2D eigenvalue weighted by Crippen LogP contribution is -2.48. The third kappa shape index (κ3) is 6.57. The fourth-order valence-electron chi connectivity index (χ4n) is 5.12. The highest BCUT2D eigenvalue weighted by Crippen LogP contribution is 2.29. The molecule has 10 nitrogen and oxygen atoms in total. The van der Waals surface area contributed by atoms with Crippen LogP contribution in [-0.2, 0) is 24.3 Å². The Hall–Kier alpha value is -3.82. The molecule has 3 aromatic rings. The number of ether oxygens (including phenoxy) is 2. The van der Waals surface area contributed by atoms with Crippen LogP contribution in [0.25, 0.3) is 23.0 Å². The van der Waals surface area contributed by atoms with E-state index < -0.39 is 15.9 Å². The molecule has 0 bridgehead atoms. The van der Waals surface area contributed by atoms with Crippen LogP contribution in [0.4, 0.5) is 0 Å². The van der Waals surface area contributed by atoms with Gasteiger partial charge >= 0.3 is 0 Å². The summed E-state index contributed by atoms with van der Waals surface area (Å²) in [5.74, 6) is -0.506. The van der Waals surface area contributed by atoms with Gasteiger partial charge in [0.1, 0.15) is 17.3 Å². The van der Waals surface area contributed by atoms with Crippen LogP contribution in [-0.4, -0.2) is 73.0 Å². The molecule has 2 aliphatic rings. The monoisotopic (exact) mass is 575 g/mol. The maximum absolute atomic E-state index is 13.6. The molecular formula is C30H33N5O5S. The summed E-state index contributed by atoms with van der Waals surface area (Å²) in [5.41, 5.74) is 2.17. The number of nitriles is 1. The Balaban J connectivity index is 1.51. The Bertz CT molecular complexity index is 1560. The number of sulfonamides is 1. The van der Waals surface area contributed by atoms with Crippen molar-refractivity contribution in [3.05, 3.63) is 71.9 Å². The molecule has 1 N–H and O–H groups in total. The number of amides is 1. The predicted octanol–water partition coefficient (Wildman–Crippen LogP) is 3.54. The normalized spacial score (nSPS) is 21.9. The smallest absolute Gasteiger partial charge is 0.262 e. The Morgan fingerprint density at radius 1 is 1.15 bits per heavy atom. The number of nitrogens with zero attached hydrogens (tertiary/aromatic N) is 4. The van der Waals surface area contributed by atoms with Crippen molar-refractivity contribution in [3.63, 3.8) is 0 Å². The number of rotatable bonds is 8. The van der Waals surface area contributed by atoms with Crippen molar-refractivity contribution in [3.8, 4) is 23.0 Å². The molecule has 2 aromatic carbocycles. The summed E-state index contributed by atoms with van der Waals surface area (Å²) in [6.45, 7) is 5.23. The van der Waals surface area contributed by atoms with Crippen molar-refractivity contribution in [1.82, 2.24) is 19.4 Å². The van der Waals surface area contributed by atoms with E-state index in [1.54, 1.807) is 35.1 Å². The molecule has 1 amide bonds. The van der Waals surface area contributed by atoms with Crippen molar-refractivity contribution < 1.29 is 22.7 Å². The van der Waals surface area contributed by atoms with Crippen molar-refractivity contribution in [2.75, 3.05) is 26.2 Å². The summed E-state index contributed by atoms with van der Waals surface area (Å²) in [4.78, 5) is 13.0. The SMILES string of the molecule is CC1CN(S(=O)(=O)c2cccc(-c3nn(-c4ccccc4)cc3C=C(C#N)C(=O)NCC3CCCO3)c2)CC(C)O1. The highest BCUT2D eigenvalue weighted by atomic mass is 32.2. The number of aromatic nitrogens is 2. The number of hydrogen-bond donors (Lipinski definition) is 1. The first-order chi connectivity index (χ1) is 19.7. The van der Waals surface area contributed by atoms with Crippen LogP contribution in [0, 0.1) is 11.3 Å². The second-order valence-electron chi connectivity index (χ2n) is 10.3. The first-order valence-electron chi connectivity index (χ1n) is 13.7. The average Bonchev–Trinajstić information content (AvgIpc) is 3.65. The minimum absolute atomic E-state index is 0.0579. The van der Waals surface area contributed by atoms with Crippen LogP contribution < -0.4 is 5.32 Å². The molecule has 0 radical (unpaired) electrons. The van der Waals surface area contributed by atoms with Gasteiger partial charge in [-0.25, -0.2) is 13.1 Å². The summed E-state index contributed by atoms with van der Waals surface area (Å²) in [6, 6.07) is 18.0. The van der Waals surface area contributed by atoms with Gasteiger partial charge < -0.3 is 14.8 Å². The van der Waals surface area contributed by atoms with Crippen LogP contribution in [0.5, 0.6) is 0 Å². The zero-order chi connectivity index (χ0) is 29.0. The molecule has 1 aromatic heterocycles. The zero-order valence-corrected chi connectivity index (χ0v) is 23.9. The molecule has 2 saturated heterocycles. The molecule has 3 atom stereocenters. The maximum atomic E-state index is 13.6. The van der Waals surface area contributed by atoms with Gasteiger partial charge in [0.15, 0.2) is 0 Å². The second kappa shape index (κ2) is 12.4. The van der Waals surface area contributed by atoms with Crippen LogP contribution in [0.2, 0.25) is 0 Å². The van der Waals surface area contributed by atoms with Gasteiger partial charge in [0, 0.05) is 43.6 Å². The van der Waals surface area contributed by atoms with Gasteiger partial charge in [-0.1, -0.05) is 30.3 Å². The highest BCUT2D eigenvalue weighted by molar-refractivity contribution is 7.89. The molecule has 0 saturated carbocycles. The Kier molecular flexibility index (Phi) is 8.65. The summed E-state index contributed by atoms with van der Waals surface area (Å²) < 4.78 is 41.6. The molecule has 0 aliphatic carbocycles. The molecule has 2 aliphatic heterocycles. The third-order valence-corrected chi connectivity index (χ3v) is 8.90. The van der Waals surface area contributed by atoms with Crippen molar-refractivity contribution >= 4 is 22.0 Å². The maximum Gasteiger partial charge on any atom is 0.262 e. The van der Waals surface area contributed by atoms with Crippen molar-refractivity contribution in [2.45, 2.75) is 49.9 Å². The summed E-state index contributed by atoms with van der Waals surface area (Å²) in [7, 11) is -3.80. The molecule has 3 heterocycles. The van der Waals surface area contributed by atoms with Gasteiger partial charge in [-0.15, -0.1) is 0 Å². The minimum Gasteiger partial charge on any atom is -0.376 e. The number of morpholine rings is 1. The molecule has 11 heteroatoms. The number of para-hydroxylation sites is 1. The van der Waals surface area contributed by atoms with Crippen LogP contribution in [0.15, 0.2) is 71.3 Å². The van der Waals surface area contributed by atoms with E-state index in [1.165, 1.54) is 10.4 Å². The van der Waals surface area contributed by atoms with E-state index in [1.807, 2.05) is 50.2 Å². The third-order valence-electron chi connectivity index (χ3n) is 7.07. The summed E-state index contributed by atoms with van der Waals surface area (Å²) in [5, 5.41) is 17.4. The minimum atomic E-state index is -3.80. The first kappa shape index (κ1) is 28.7. The summed E-state index contributed by atoms with van der Waals surface area (Å²) in [6.07, 6.45) is 4.53.